The van der Waals surface area contributed by atoms with Crippen LogP contribution in [-0.4, -0.2) is 24.6 Å². The summed E-state index contributed by atoms with van der Waals surface area (Å²) < 4.78 is 2.23. The smallest absolute Gasteiger partial charge is 0.149 e. The average molecular weight is 805 g/mol. The highest BCUT2D eigenvalue weighted by atomic mass is 16.3. The molecular weight excluding hydrogens is 757 g/mol. The summed E-state index contributed by atoms with van der Waals surface area (Å²) in [6.45, 7) is 13.3. The number of benzene rings is 7. The molecule has 0 amide bonds. The minimum Gasteiger partial charge on any atom is -0.507 e. The van der Waals surface area contributed by atoms with Crippen LogP contribution >= 0.6 is 0 Å². The first-order chi connectivity index (χ1) is 29.9. The van der Waals surface area contributed by atoms with Crippen LogP contribution in [0.3, 0.4) is 0 Å². The Morgan fingerprint density at radius 2 is 1.16 bits per heavy atom. The number of phenolic OH excluding ortho intramolecular Hbond substituents is 1. The molecule has 0 radical (unpaired) electrons. The maximum Gasteiger partial charge on any atom is 0.149 e. The quantitative estimate of drug-likeness (QED) is 0.182. The summed E-state index contributed by atoms with van der Waals surface area (Å²) in [5.74, 6) is 0.869. The number of hydrogen-bond acceptors (Lipinski definition) is 4. The first kappa shape index (κ1) is 38.8. The van der Waals surface area contributed by atoms with Gasteiger partial charge in [0.2, 0.25) is 0 Å². The predicted molar refractivity (Wildman–Crippen MR) is 258 cm³/mol. The van der Waals surface area contributed by atoms with Crippen molar-refractivity contribution in [2.45, 2.75) is 52.4 Å². The van der Waals surface area contributed by atoms with Crippen LogP contribution < -0.4 is 0 Å². The zero-order valence-corrected chi connectivity index (χ0v) is 36.0. The summed E-state index contributed by atoms with van der Waals surface area (Å²) in [6, 6.07) is 57.6. The molecule has 10 aromatic rings. The molecule has 5 heteroatoms. The van der Waals surface area contributed by atoms with Gasteiger partial charge in [-0.25, -0.2) is 4.98 Å². The lowest BCUT2D eigenvalue weighted by Crippen LogP contribution is -2.11. The van der Waals surface area contributed by atoms with E-state index in [1.807, 2.05) is 48.8 Å². The normalized spacial score (nSPS) is 12.1. The molecule has 1 N–H and O–H groups in total. The molecule has 3 aromatic heterocycles. The number of hydrogen-bond donors (Lipinski definition) is 1. The molecule has 0 saturated carbocycles. The number of fused-ring (bicyclic) bond motifs is 3. The fourth-order valence-corrected chi connectivity index (χ4v) is 8.67. The SMILES string of the molecule is CC(C)(C)c1ccc(-n2c(-c3cc(C(C)(C)C)ccc3O)nc3c(-c4cccc(-c5ccc(-c6ccccn6)c6cccnc56)c4)cc(-c4ccc5ccccc5c4)cc32)cc1. The van der Waals surface area contributed by atoms with Gasteiger partial charge in [0.05, 0.1) is 27.8 Å². The minimum atomic E-state index is -0.142. The topological polar surface area (TPSA) is 63.8 Å². The molecule has 0 atom stereocenters. The second kappa shape index (κ2) is 15.0. The summed E-state index contributed by atoms with van der Waals surface area (Å²) in [7, 11) is 0. The van der Waals surface area contributed by atoms with Crippen molar-refractivity contribution in [2.24, 2.45) is 0 Å². The third kappa shape index (κ3) is 6.99. The van der Waals surface area contributed by atoms with E-state index in [9.17, 15) is 5.11 Å². The van der Waals surface area contributed by atoms with Gasteiger partial charge in [0.1, 0.15) is 11.6 Å². The molecule has 0 aliphatic rings. The number of rotatable bonds is 6. The highest BCUT2D eigenvalue weighted by Crippen LogP contribution is 2.43. The van der Waals surface area contributed by atoms with E-state index in [2.05, 4.69) is 178 Å². The van der Waals surface area contributed by atoms with Gasteiger partial charge in [-0.15, -0.1) is 0 Å². The molecule has 0 aliphatic carbocycles. The lowest BCUT2D eigenvalue weighted by Gasteiger charge is -2.21. The third-order valence-corrected chi connectivity index (χ3v) is 12.1. The van der Waals surface area contributed by atoms with Gasteiger partial charge in [-0.1, -0.05) is 139 Å². The van der Waals surface area contributed by atoms with Gasteiger partial charge in [-0.3, -0.25) is 14.5 Å². The Morgan fingerprint density at radius 1 is 0.452 bits per heavy atom. The van der Waals surface area contributed by atoms with Crippen LogP contribution in [-0.2, 0) is 10.8 Å². The largest absolute Gasteiger partial charge is 0.507 e. The van der Waals surface area contributed by atoms with Crippen molar-refractivity contribution in [1.82, 2.24) is 19.5 Å². The Hall–Kier alpha value is -7.37. The molecule has 10 rings (SSSR count). The maximum absolute atomic E-state index is 11.7. The van der Waals surface area contributed by atoms with Crippen LogP contribution in [0.15, 0.2) is 176 Å². The van der Waals surface area contributed by atoms with Crippen molar-refractivity contribution in [3.63, 3.8) is 0 Å². The van der Waals surface area contributed by atoms with Crippen molar-refractivity contribution in [2.75, 3.05) is 0 Å². The lowest BCUT2D eigenvalue weighted by molar-refractivity contribution is 0.475. The Labute approximate surface area is 363 Å². The molecule has 0 saturated heterocycles. The first-order valence-electron chi connectivity index (χ1n) is 21.3. The number of aromatic hydroxyl groups is 1. The third-order valence-electron chi connectivity index (χ3n) is 12.1. The van der Waals surface area contributed by atoms with Gasteiger partial charge in [0, 0.05) is 40.2 Å². The molecule has 0 bridgehead atoms. The van der Waals surface area contributed by atoms with Gasteiger partial charge < -0.3 is 5.11 Å². The van der Waals surface area contributed by atoms with E-state index in [-0.39, 0.29) is 16.6 Å². The van der Waals surface area contributed by atoms with Gasteiger partial charge in [0.15, 0.2) is 0 Å². The van der Waals surface area contributed by atoms with Crippen molar-refractivity contribution < 1.29 is 5.11 Å². The fraction of sp³-hybridized carbons (Fsp3) is 0.140. The molecule has 0 unspecified atom stereocenters. The number of pyridine rings is 2. The van der Waals surface area contributed by atoms with E-state index in [1.165, 1.54) is 16.3 Å². The molecular formula is C57H48N4O. The summed E-state index contributed by atoms with van der Waals surface area (Å²) in [5.41, 5.74) is 14.8. The second-order valence-corrected chi connectivity index (χ2v) is 18.4. The predicted octanol–water partition coefficient (Wildman–Crippen LogP) is 14.8. The number of phenols is 1. The average Bonchev–Trinajstić information content (AvgIpc) is 3.67. The molecule has 0 fully saturated rings. The Morgan fingerprint density at radius 3 is 1.92 bits per heavy atom. The first-order valence-corrected chi connectivity index (χ1v) is 21.3. The molecule has 7 aromatic carbocycles. The van der Waals surface area contributed by atoms with Crippen LogP contribution in [0.25, 0.3) is 94.4 Å². The van der Waals surface area contributed by atoms with E-state index in [0.717, 1.165) is 77.8 Å². The van der Waals surface area contributed by atoms with E-state index >= 15 is 0 Å². The van der Waals surface area contributed by atoms with E-state index < -0.39 is 0 Å². The lowest BCUT2D eigenvalue weighted by atomic mass is 9.86. The summed E-state index contributed by atoms with van der Waals surface area (Å²) >= 11 is 0. The summed E-state index contributed by atoms with van der Waals surface area (Å²) in [5, 5.41) is 15.1. The van der Waals surface area contributed by atoms with Gasteiger partial charge in [0.25, 0.3) is 0 Å². The maximum atomic E-state index is 11.7. The van der Waals surface area contributed by atoms with Crippen LogP contribution in [0.2, 0.25) is 0 Å². The zero-order valence-electron chi connectivity index (χ0n) is 36.0. The van der Waals surface area contributed by atoms with Crippen LogP contribution in [0.1, 0.15) is 52.7 Å². The molecule has 5 nitrogen and oxygen atoms in total. The van der Waals surface area contributed by atoms with Crippen LogP contribution in [0, 0.1) is 0 Å². The number of imidazole rings is 1. The van der Waals surface area contributed by atoms with Crippen molar-refractivity contribution in [1.29, 1.82) is 0 Å². The number of aromatic nitrogens is 4. The molecule has 0 aliphatic heterocycles. The van der Waals surface area contributed by atoms with E-state index in [0.29, 0.717) is 11.4 Å². The van der Waals surface area contributed by atoms with E-state index in [4.69, 9.17) is 9.97 Å². The highest BCUT2D eigenvalue weighted by Gasteiger charge is 2.25. The second-order valence-electron chi connectivity index (χ2n) is 18.4. The van der Waals surface area contributed by atoms with Crippen LogP contribution in [0.4, 0.5) is 0 Å². The van der Waals surface area contributed by atoms with Crippen LogP contribution in [0.5, 0.6) is 5.75 Å². The Kier molecular flexibility index (Phi) is 9.37. The molecule has 62 heavy (non-hydrogen) atoms. The van der Waals surface area contributed by atoms with Crippen molar-refractivity contribution in [3.05, 3.63) is 187 Å². The minimum absolute atomic E-state index is 0.0152. The fourth-order valence-electron chi connectivity index (χ4n) is 8.67. The van der Waals surface area contributed by atoms with Crippen molar-refractivity contribution >= 4 is 32.7 Å². The molecule has 3 heterocycles. The molecule has 0 spiro atoms. The Balaban J connectivity index is 1.25. The standard InChI is InChI=1S/C57H48N4O/c1-56(2,3)42-21-24-44(25-22-42)61-51-34-41(38-20-19-36-13-7-8-14-37(36)31-38)33-48(54(51)60-55(61)49-35-43(57(4,5)6)23-28-52(49)62)40-16-11-15-39(32-40)45-26-27-46(50-18-9-10-29-58-50)47-17-12-30-59-53(45)47/h7-35,62H,1-6H3. The molecule has 302 valence electrons. The van der Waals surface area contributed by atoms with Crippen molar-refractivity contribution in [3.8, 4) is 67.5 Å². The summed E-state index contributed by atoms with van der Waals surface area (Å²) in [6.07, 6.45) is 3.69. The Bertz CT molecular complexity index is 3310. The van der Waals surface area contributed by atoms with Gasteiger partial charge in [-0.2, -0.15) is 0 Å². The number of nitrogens with zero attached hydrogens (tertiary/aromatic N) is 4. The van der Waals surface area contributed by atoms with Gasteiger partial charge in [-0.05, 0) is 122 Å². The summed E-state index contributed by atoms with van der Waals surface area (Å²) in [4.78, 5) is 15.2. The monoisotopic (exact) mass is 804 g/mol. The van der Waals surface area contributed by atoms with Gasteiger partial charge >= 0.3 is 0 Å². The van der Waals surface area contributed by atoms with E-state index in [1.54, 1.807) is 0 Å². The zero-order chi connectivity index (χ0) is 42.8. The highest BCUT2D eigenvalue weighted by molar-refractivity contribution is 6.04.